The summed E-state index contributed by atoms with van der Waals surface area (Å²) in [5.41, 5.74) is 2.26. The summed E-state index contributed by atoms with van der Waals surface area (Å²) >= 11 is 1.58. The van der Waals surface area contributed by atoms with Crippen LogP contribution < -0.4 is 5.32 Å². The van der Waals surface area contributed by atoms with E-state index in [4.69, 9.17) is 8.94 Å². The molecule has 0 saturated carbocycles. The van der Waals surface area contributed by atoms with Crippen LogP contribution in [0.1, 0.15) is 11.5 Å². The molecule has 6 nitrogen and oxygen atoms in total. The summed E-state index contributed by atoms with van der Waals surface area (Å²) in [5.74, 6) is 1.23. The average molecular weight is 389 g/mol. The molecule has 1 N–H and O–H groups in total. The Labute approximate surface area is 163 Å². The lowest BCUT2D eigenvalue weighted by Crippen LogP contribution is -2.24. The number of amides is 1. The predicted octanol–water partition coefficient (Wildman–Crippen LogP) is 4.56. The van der Waals surface area contributed by atoms with Gasteiger partial charge in [-0.15, -0.1) is 11.3 Å². The summed E-state index contributed by atoms with van der Waals surface area (Å²) in [6.07, 6.45) is 0.155. The van der Waals surface area contributed by atoms with Gasteiger partial charge in [-0.25, -0.2) is 4.98 Å². The monoisotopic (exact) mass is 389 g/mol. The van der Waals surface area contributed by atoms with Crippen LogP contribution in [0.2, 0.25) is 0 Å². The number of furan rings is 1. The highest BCUT2D eigenvalue weighted by Gasteiger charge is 2.14. The van der Waals surface area contributed by atoms with E-state index in [1.165, 1.54) is 0 Å². The lowest BCUT2D eigenvalue weighted by molar-refractivity contribution is -0.120. The fourth-order valence-electron chi connectivity index (χ4n) is 3.03. The Morgan fingerprint density at radius 2 is 1.89 bits per heavy atom. The van der Waals surface area contributed by atoms with Crippen molar-refractivity contribution in [2.45, 2.75) is 13.0 Å². The number of hydrogen-bond acceptors (Lipinski definition) is 6. The molecule has 1 amide bonds. The van der Waals surface area contributed by atoms with Crippen LogP contribution in [0.5, 0.6) is 0 Å². The van der Waals surface area contributed by atoms with Crippen molar-refractivity contribution in [3.63, 3.8) is 0 Å². The summed E-state index contributed by atoms with van der Waals surface area (Å²) in [6, 6.07) is 19.2. The molecule has 0 radical (unpaired) electrons. The molecule has 5 rings (SSSR count). The van der Waals surface area contributed by atoms with Gasteiger partial charge in [0, 0.05) is 5.39 Å². The Kier molecular flexibility index (Phi) is 4.14. The number of carbonyl (C=O) groups is 1. The number of nitrogens with one attached hydrogen (secondary N) is 1. The molecule has 3 aromatic heterocycles. The summed E-state index contributed by atoms with van der Waals surface area (Å²) in [5, 5.41) is 8.53. The molecule has 0 aliphatic carbocycles. The van der Waals surface area contributed by atoms with Gasteiger partial charge in [0.2, 0.25) is 5.91 Å². The second-order valence-electron chi connectivity index (χ2n) is 6.33. The van der Waals surface area contributed by atoms with Crippen LogP contribution in [-0.2, 0) is 17.8 Å². The van der Waals surface area contributed by atoms with Gasteiger partial charge in [-0.3, -0.25) is 4.79 Å². The largest absolute Gasteiger partial charge is 0.457 e. The highest BCUT2D eigenvalue weighted by Crippen LogP contribution is 2.31. The van der Waals surface area contributed by atoms with Crippen LogP contribution in [0.15, 0.2) is 69.6 Å². The van der Waals surface area contributed by atoms with E-state index in [2.05, 4.69) is 15.5 Å². The third kappa shape index (κ3) is 3.16. The van der Waals surface area contributed by atoms with Crippen molar-refractivity contribution in [2.75, 3.05) is 0 Å². The lowest BCUT2D eigenvalue weighted by atomic mass is 10.1. The van der Waals surface area contributed by atoms with E-state index in [0.29, 0.717) is 29.3 Å². The zero-order chi connectivity index (χ0) is 18.9. The molecular weight excluding hydrogens is 374 g/mol. The predicted molar refractivity (Wildman–Crippen MR) is 107 cm³/mol. The third-order valence-electron chi connectivity index (χ3n) is 4.41. The Morgan fingerprint density at radius 1 is 1.04 bits per heavy atom. The highest BCUT2D eigenvalue weighted by molar-refractivity contribution is 7.21. The molecule has 7 heteroatoms. The van der Waals surface area contributed by atoms with E-state index in [9.17, 15) is 4.79 Å². The number of para-hydroxylation sites is 2. The van der Waals surface area contributed by atoms with Crippen LogP contribution in [0.25, 0.3) is 32.0 Å². The Morgan fingerprint density at radius 3 is 2.82 bits per heavy atom. The Hall–Kier alpha value is -3.45. The summed E-state index contributed by atoms with van der Waals surface area (Å²) in [6.45, 7) is 0.305. The maximum absolute atomic E-state index is 12.3. The van der Waals surface area contributed by atoms with Crippen molar-refractivity contribution in [3.05, 3.63) is 72.1 Å². The van der Waals surface area contributed by atoms with E-state index >= 15 is 0 Å². The minimum atomic E-state index is -0.142. The van der Waals surface area contributed by atoms with E-state index in [0.717, 1.165) is 20.6 Å². The van der Waals surface area contributed by atoms with Crippen molar-refractivity contribution >= 4 is 38.4 Å². The average Bonchev–Trinajstić information content (AvgIpc) is 3.44. The maximum atomic E-state index is 12.3. The van der Waals surface area contributed by atoms with Crippen LogP contribution in [0, 0.1) is 0 Å². The number of thiazole rings is 1. The van der Waals surface area contributed by atoms with Gasteiger partial charge in [0.15, 0.2) is 16.4 Å². The van der Waals surface area contributed by atoms with Crippen LogP contribution in [0.4, 0.5) is 0 Å². The Bertz CT molecular complexity index is 1250. The second kappa shape index (κ2) is 6.94. The van der Waals surface area contributed by atoms with Gasteiger partial charge < -0.3 is 14.3 Å². The van der Waals surface area contributed by atoms with Gasteiger partial charge >= 0.3 is 0 Å². The first-order valence-corrected chi connectivity index (χ1v) is 9.62. The zero-order valence-corrected chi connectivity index (χ0v) is 15.5. The maximum Gasteiger partial charge on any atom is 0.226 e. The number of benzene rings is 2. The standard InChI is InChI=1S/C21H15N3O3S/c25-20(11-16-14-5-1-3-7-17(14)27-24-16)22-12-13-9-10-18(26-13)21-23-15-6-2-4-8-19(15)28-21/h1-10H,11-12H2,(H,22,25). The molecule has 3 heterocycles. The number of hydrogen-bond donors (Lipinski definition) is 1. The minimum Gasteiger partial charge on any atom is -0.457 e. The second-order valence-corrected chi connectivity index (χ2v) is 7.36. The van der Waals surface area contributed by atoms with Gasteiger partial charge in [0.05, 0.1) is 23.2 Å². The first-order chi connectivity index (χ1) is 13.8. The molecule has 0 saturated heterocycles. The zero-order valence-electron chi connectivity index (χ0n) is 14.7. The molecule has 0 atom stereocenters. The van der Waals surface area contributed by atoms with Gasteiger partial charge in [-0.1, -0.05) is 29.4 Å². The first-order valence-electron chi connectivity index (χ1n) is 8.81. The molecule has 138 valence electrons. The van der Waals surface area contributed by atoms with Crippen LogP contribution in [0.3, 0.4) is 0 Å². The smallest absolute Gasteiger partial charge is 0.226 e. The van der Waals surface area contributed by atoms with E-state index in [1.807, 2.05) is 60.7 Å². The minimum absolute atomic E-state index is 0.142. The van der Waals surface area contributed by atoms with Crippen molar-refractivity contribution in [3.8, 4) is 10.8 Å². The molecule has 0 bridgehead atoms. The fraction of sp³-hybridized carbons (Fsp3) is 0.0952. The fourth-order valence-corrected chi connectivity index (χ4v) is 3.96. The highest BCUT2D eigenvalue weighted by atomic mass is 32.1. The van der Waals surface area contributed by atoms with Crippen molar-refractivity contribution in [1.29, 1.82) is 0 Å². The van der Waals surface area contributed by atoms with Crippen LogP contribution in [-0.4, -0.2) is 16.0 Å². The molecule has 5 aromatic rings. The topological polar surface area (TPSA) is 81.2 Å². The van der Waals surface area contributed by atoms with Crippen molar-refractivity contribution in [2.24, 2.45) is 0 Å². The third-order valence-corrected chi connectivity index (χ3v) is 5.46. The van der Waals surface area contributed by atoms with Crippen molar-refractivity contribution in [1.82, 2.24) is 15.5 Å². The van der Waals surface area contributed by atoms with Crippen molar-refractivity contribution < 1.29 is 13.7 Å². The summed E-state index contributed by atoms with van der Waals surface area (Å²) < 4.78 is 12.2. The Balaban J connectivity index is 1.25. The number of rotatable bonds is 5. The quantitative estimate of drug-likeness (QED) is 0.477. The van der Waals surface area contributed by atoms with E-state index in [1.54, 1.807) is 11.3 Å². The summed E-state index contributed by atoms with van der Waals surface area (Å²) in [7, 11) is 0. The first kappa shape index (κ1) is 16.7. The summed E-state index contributed by atoms with van der Waals surface area (Å²) in [4.78, 5) is 16.9. The molecule has 28 heavy (non-hydrogen) atoms. The van der Waals surface area contributed by atoms with Gasteiger partial charge in [-0.05, 0) is 36.4 Å². The molecule has 0 unspecified atom stereocenters. The molecule has 0 aliphatic heterocycles. The normalized spacial score (nSPS) is 11.3. The SMILES string of the molecule is O=C(Cc1noc2ccccc12)NCc1ccc(-c2nc3ccccc3s2)o1. The van der Waals surface area contributed by atoms with E-state index < -0.39 is 0 Å². The molecular formula is C21H15N3O3S. The van der Waals surface area contributed by atoms with Gasteiger partial charge in [0.1, 0.15) is 11.5 Å². The lowest BCUT2D eigenvalue weighted by Gasteiger charge is -2.01. The van der Waals surface area contributed by atoms with E-state index in [-0.39, 0.29) is 12.3 Å². The number of aromatic nitrogens is 2. The number of fused-ring (bicyclic) bond motifs is 2. The number of carbonyl (C=O) groups excluding carboxylic acids is 1. The number of nitrogens with zero attached hydrogens (tertiary/aromatic N) is 2. The van der Waals surface area contributed by atoms with Crippen LogP contribution >= 0.6 is 11.3 Å². The van der Waals surface area contributed by atoms with Gasteiger partial charge in [0.25, 0.3) is 0 Å². The molecule has 2 aromatic carbocycles. The van der Waals surface area contributed by atoms with Gasteiger partial charge in [-0.2, -0.15) is 0 Å². The molecule has 0 aliphatic rings. The molecule has 0 spiro atoms. The molecule has 0 fully saturated rings.